The Bertz CT molecular complexity index is 1130. The zero-order valence-electron chi connectivity index (χ0n) is 18.5. The van der Waals surface area contributed by atoms with Gasteiger partial charge in [0.25, 0.3) is 0 Å². The van der Waals surface area contributed by atoms with Crippen molar-refractivity contribution in [3.05, 3.63) is 64.8 Å². The van der Waals surface area contributed by atoms with E-state index < -0.39 is 0 Å². The molecule has 1 aromatic heterocycles. The number of aromatic nitrogens is 1. The van der Waals surface area contributed by atoms with E-state index in [1.165, 1.54) is 39.0 Å². The van der Waals surface area contributed by atoms with Crippen LogP contribution in [0.2, 0.25) is 0 Å². The maximum atomic E-state index is 2.75. The number of rotatable bonds is 0. The lowest BCUT2D eigenvalue weighted by Gasteiger charge is -2.62. The molecular formula is C26H32N2. The Kier molecular flexibility index (Phi) is 3.21. The van der Waals surface area contributed by atoms with Gasteiger partial charge < -0.3 is 9.47 Å². The molecule has 2 aliphatic rings. The van der Waals surface area contributed by atoms with Crippen LogP contribution in [0.15, 0.2) is 42.5 Å². The molecule has 0 saturated heterocycles. The third kappa shape index (κ3) is 1.64. The van der Waals surface area contributed by atoms with Crippen molar-refractivity contribution in [3.63, 3.8) is 0 Å². The largest absolute Gasteiger partial charge is 0.353 e. The summed E-state index contributed by atoms with van der Waals surface area (Å²) in [5.41, 5.74) is 8.70. The van der Waals surface area contributed by atoms with Crippen molar-refractivity contribution < 1.29 is 0 Å². The summed E-state index contributed by atoms with van der Waals surface area (Å²) in [5.74, 6) is 0. The van der Waals surface area contributed by atoms with Crippen LogP contribution in [0.25, 0.3) is 10.9 Å². The number of hydrogen-bond acceptors (Lipinski definition) is 1. The molecule has 0 amide bonds. The first-order chi connectivity index (χ1) is 13.1. The van der Waals surface area contributed by atoms with E-state index in [1.54, 1.807) is 0 Å². The Morgan fingerprint density at radius 2 is 1.57 bits per heavy atom. The van der Waals surface area contributed by atoms with Gasteiger partial charge in [-0.2, -0.15) is 0 Å². The fourth-order valence-corrected chi connectivity index (χ4v) is 6.50. The summed E-state index contributed by atoms with van der Waals surface area (Å²) in [4.78, 5) is 2.75. The first-order valence-corrected chi connectivity index (χ1v) is 10.5. The number of benzene rings is 2. The Balaban J connectivity index is 1.98. The molecule has 2 atom stereocenters. The molecule has 3 aromatic rings. The van der Waals surface area contributed by atoms with Crippen molar-refractivity contribution in [2.24, 2.45) is 12.5 Å². The number of anilines is 1. The lowest BCUT2D eigenvalue weighted by atomic mass is 9.51. The van der Waals surface area contributed by atoms with E-state index >= 15 is 0 Å². The monoisotopic (exact) mass is 372 g/mol. The highest BCUT2D eigenvalue weighted by molar-refractivity contribution is 5.90. The molecule has 2 heteroatoms. The first kappa shape index (κ1) is 17.8. The van der Waals surface area contributed by atoms with Gasteiger partial charge >= 0.3 is 0 Å². The van der Waals surface area contributed by atoms with Crippen LogP contribution < -0.4 is 4.90 Å². The zero-order chi connectivity index (χ0) is 20.2. The molecule has 0 saturated carbocycles. The summed E-state index contributed by atoms with van der Waals surface area (Å²) in [6.07, 6.45) is 0. The molecular weight excluding hydrogens is 340 g/mol. The molecule has 0 fully saturated rings. The quantitative estimate of drug-likeness (QED) is 0.431. The van der Waals surface area contributed by atoms with Gasteiger partial charge in [-0.15, -0.1) is 0 Å². The number of nitrogens with zero attached hydrogens (tertiary/aromatic N) is 2. The minimum atomic E-state index is -0.0781. The highest BCUT2D eigenvalue weighted by atomic mass is 15.3. The summed E-state index contributed by atoms with van der Waals surface area (Å²) in [6, 6.07) is 16.2. The van der Waals surface area contributed by atoms with Crippen LogP contribution in [-0.4, -0.2) is 4.57 Å². The van der Waals surface area contributed by atoms with Gasteiger partial charge in [0.15, 0.2) is 0 Å². The molecule has 28 heavy (non-hydrogen) atoms. The highest BCUT2D eigenvalue weighted by Crippen LogP contribution is 2.68. The fourth-order valence-electron chi connectivity index (χ4n) is 6.50. The van der Waals surface area contributed by atoms with Crippen LogP contribution >= 0.6 is 0 Å². The second-order valence-electron chi connectivity index (χ2n) is 10.2. The average Bonchev–Trinajstić information content (AvgIpc) is 3.07. The maximum absolute atomic E-state index is 2.75. The van der Waals surface area contributed by atoms with Crippen LogP contribution in [0.5, 0.6) is 0 Å². The smallest absolute Gasteiger partial charge is 0.0716 e. The van der Waals surface area contributed by atoms with Crippen LogP contribution in [0.4, 0.5) is 5.69 Å². The molecule has 0 N–H and O–H groups in total. The molecule has 0 bridgehead atoms. The van der Waals surface area contributed by atoms with Gasteiger partial charge in [-0.3, -0.25) is 0 Å². The minimum Gasteiger partial charge on any atom is -0.353 e. The highest BCUT2D eigenvalue weighted by Gasteiger charge is 2.65. The second kappa shape index (κ2) is 5.03. The Hall–Kier alpha value is -2.22. The maximum Gasteiger partial charge on any atom is 0.0716 e. The molecule has 2 nitrogen and oxygen atoms in total. The third-order valence-electron chi connectivity index (χ3n) is 8.84. The van der Waals surface area contributed by atoms with Crippen molar-refractivity contribution >= 4 is 16.6 Å². The molecule has 2 aliphatic heterocycles. The van der Waals surface area contributed by atoms with Gasteiger partial charge in [-0.25, -0.2) is 0 Å². The van der Waals surface area contributed by atoms with E-state index in [-0.39, 0.29) is 16.4 Å². The van der Waals surface area contributed by atoms with Crippen molar-refractivity contribution in [1.29, 1.82) is 0 Å². The van der Waals surface area contributed by atoms with E-state index in [9.17, 15) is 0 Å². The van der Waals surface area contributed by atoms with Crippen molar-refractivity contribution in [3.8, 4) is 0 Å². The van der Waals surface area contributed by atoms with Gasteiger partial charge in [0.05, 0.1) is 11.6 Å². The molecule has 0 aliphatic carbocycles. The lowest BCUT2D eigenvalue weighted by molar-refractivity contribution is 0.0660. The SMILES string of the molecule is Cc1cccc2c1N1C(C)c3c(c4ccccc4n3C)C1(C)C(C)(C)C2(C)C. The van der Waals surface area contributed by atoms with E-state index in [1.807, 2.05) is 0 Å². The summed E-state index contributed by atoms with van der Waals surface area (Å²) >= 11 is 0. The van der Waals surface area contributed by atoms with Gasteiger partial charge in [0, 0.05) is 40.3 Å². The Labute approximate surface area is 169 Å². The summed E-state index contributed by atoms with van der Waals surface area (Å²) in [5, 5.41) is 1.41. The van der Waals surface area contributed by atoms with Crippen LogP contribution in [0, 0.1) is 12.3 Å². The molecule has 3 heterocycles. The molecule has 2 unspecified atom stereocenters. The van der Waals surface area contributed by atoms with Gasteiger partial charge in [-0.05, 0) is 43.4 Å². The topological polar surface area (TPSA) is 8.17 Å². The summed E-state index contributed by atoms with van der Waals surface area (Å²) < 4.78 is 2.44. The molecule has 146 valence electrons. The van der Waals surface area contributed by atoms with E-state index in [4.69, 9.17) is 0 Å². The normalized spacial score (nSPS) is 26.9. The van der Waals surface area contributed by atoms with Crippen LogP contribution in [0.3, 0.4) is 0 Å². The first-order valence-electron chi connectivity index (χ1n) is 10.5. The van der Waals surface area contributed by atoms with Crippen molar-refractivity contribution in [2.45, 2.75) is 65.5 Å². The van der Waals surface area contributed by atoms with Gasteiger partial charge in [0.1, 0.15) is 0 Å². The van der Waals surface area contributed by atoms with Gasteiger partial charge in [-0.1, -0.05) is 64.1 Å². The summed E-state index contributed by atoms with van der Waals surface area (Å²) in [7, 11) is 2.25. The van der Waals surface area contributed by atoms with E-state index in [0.29, 0.717) is 6.04 Å². The third-order valence-corrected chi connectivity index (χ3v) is 8.84. The van der Waals surface area contributed by atoms with Crippen molar-refractivity contribution in [2.75, 3.05) is 4.90 Å². The summed E-state index contributed by atoms with van der Waals surface area (Å²) in [6.45, 7) is 17.0. The average molecular weight is 373 g/mol. The van der Waals surface area contributed by atoms with Crippen molar-refractivity contribution in [1.82, 2.24) is 4.57 Å². The molecule has 5 rings (SSSR count). The number of fused-ring (bicyclic) bond motifs is 7. The second-order valence-corrected chi connectivity index (χ2v) is 10.2. The zero-order valence-corrected chi connectivity index (χ0v) is 18.5. The van der Waals surface area contributed by atoms with E-state index in [0.717, 1.165) is 0 Å². The molecule has 2 aromatic carbocycles. The Morgan fingerprint density at radius 1 is 0.893 bits per heavy atom. The predicted octanol–water partition coefficient (Wildman–Crippen LogP) is 6.60. The van der Waals surface area contributed by atoms with Crippen LogP contribution in [-0.2, 0) is 18.0 Å². The standard InChI is InChI=1S/C26H32N2/c1-16-12-11-14-19-22(16)28-17(2)23-21(18-13-9-10-15-20(18)27(23)8)26(28,7)25(5,6)24(19,3)4/h9-15,17H,1-8H3. The molecule has 0 spiro atoms. The van der Waals surface area contributed by atoms with Gasteiger partial charge in [0.2, 0.25) is 0 Å². The Morgan fingerprint density at radius 3 is 2.29 bits per heavy atom. The minimum absolute atomic E-state index is 0.0461. The fraction of sp³-hybridized carbons (Fsp3) is 0.462. The predicted molar refractivity (Wildman–Crippen MR) is 119 cm³/mol. The molecule has 0 radical (unpaired) electrons. The lowest BCUT2D eigenvalue weighted by Crippen LogP contribution is -2.62. The van der Waals surface area contributed by atoms with Crippen LogP contribution in [0.1, 0.15) is 70.0 Å². The number of para-hydroxylation sites is 2. The number of hydrogen-bond donors (Lipinski definition) is 0. The number of aryl methyl sites for hydroxylation is 2. The van der Waals surface area contributed by atoms with E-state index in [2.05, 4.69) is 107 Å².